The van der Waals surface area contributed by atoms with Crippen LogP contribution < -0.4 is 10.0 Å². The topological polar surface area (TPSA) is 65.3 Å². The molecule has 0 aromatic carbocycles. The maximum Gasteiger partial charge on any atom is 0.412 e. The fraction of sp³-hybridized carbons (Fsp3) is 0.625. The number of hydrogen-bond donors (Lipinski definition) is 1. The van der Waals surface area contributed by atoms with Gasteiger partial charge < -0.3 is 9.94 Å². The van der Waals surface area contributed by atoms with E-state index in [1.54, 1.807) is 0 Å². The van der Waals surface area contributed by atoms with Crippen LogP contribution in [0.2, 0.25) is 0 Å². The average Bonchev–Trinajstić information content (AvgIpc) is 3.01. The highest BCUT2D eigenvalue weighted by Gasteiger charge is 2.34. The minimum Gasteiger partial charge on any atom is -0.618 e. The Kier molecular flexibility index (Phi) is 3.30. The van der Waals surface area contributed by atoms with E-state index in [1.165, 1.54) is 0 Å². The van der Waals surface area contributed by atoms with Crippen molar-refractivity contribution in [1.82, 2.24) is 0 Å². The Bertz CT molecular complexity index is 568. The summed E-state index contributed by atoms with van der Waals surface area (Å²) in [4.78, 5) is 12.1. The van der Waals surface area contributed by atoms with E-state index in [4.69, 9.17) is 4.74 Å². The molecular formula is C16H22N2O3. The number of hydrogen-bond acceptors (Lipinski definition) is 3. The Hall–Kier alpha value is -1.78. The Morgan fingerprint density at radius 2 is 1.62 bits per heavy atom. The molecule has 0 aliphatic heterocycles. The summed E-state index contributed by atoms with van der Waals surface area (Å²) < 4.78 is 6.47. The summed E-state index contributed by atoms with van der Waals surface area (Å²) in [6, 6.07) is 0. The first kappa shape index (κ1) is 14.2. The first-order valence-corrected chi connectivity index (χ1v) is 7.66. The molecule has 1 aromatic heterocycles. The number of carbonyl (C=O) groups excluding carboxylic acids is 1. The van der Waals surface area contributed by atoms with Crippen LogP contribution in [0.4, 0.5) is 10.5 Å². The van der Waals surface area contributed by atoms with Crippen molar-refractivity contribution >= 4 is 11.8 Å². The predicted octanol–water partition coefficient (Wildman–Crippen LogP) is 2.64. The molecule has 0 fully saturated rings. The largest absolute Gasteiger partial charge is 0.618 e. The van der Waals surface area contributed by atoms with Gasteiger partial charge >= 0.3 is 6.09 Å². The van der Waals surface area contributed by atoms with Crippen LogP contribution in [0.15, 0.2) is 0 Å². The molecule has 1 aromatic rings. The van der Waals surface area contributed by atoms with Gasteiger partial charge in [-0.1, -0.05) is 0 Å². The van der Waals surface area contributed by atoms with E-state index in [9.17, 15) is 10.0 Å². The molecule has 5 heteroatoms. The molecule has 21 heavy (non-hydrogen) atoms. The summed E-state index contributed by atoms with van der Waals surface area (Å²) in [6.07, 6.45) is 4.83. The number of rotatable bonds is 1. The van der Waals surface area contributed by atoms with Crippen LogP contribution in [0.1, 0.15) is 56.1 Å². The van der Waals surface area contributed by atoms with E-state index in [0.717, 1.165) is 71.5 Å². The van der Waals surface area contributed by atoms with Crippen molar-refractivity contribution in [2.75, 3.05) is 5.32 Å². The van der Waals surface area contributed by atoms with E-state index in [2.05, 4.69) is 5.32 Å². The number of pyridine rings is 1. The third-order valence-corrected chi connectivity index (χ3v) is 4.10. The van der Waals surface area contributed by atoms with Crippen molar-refractivity contribution in [3.8, 4) is 0 Å². The third-order valence-electron chi connectivity index (χ3n) is 4.10. The lowest BCUT2D eigenvalue weighted by Gasteiger charge is -2.21. The average molecular weight is 290 g/mol. The lowest BCUT2D eigenvalue weighted by atomic mass is 10.1. The highest BCUT2D eigenvalue weighted by atomic mass is 16.6. The van der Waals surface area contributed by atoms with Gasteiger partial charge in [-0.05, 0) is 46.5 Å². The molecule has 0 bridgehead atoms. The number of ether oxygens (including phenoxy) is 1. The minimum atomic E-state index is -0.524. The quantitative estimate of drug-likeness (QED) is 0.638. The number of amides is 1. The second-order valence-corrected chi connectivity index (χ2v) is 6.85. The zero-order chi connectivity index (χ0) is 15.2. The SMILES string of the molecule is CC(C)(C)OC(=O)Nc1c2c([n+]([O-])c3c1CCC3)CCC2. The van der Waals surface area contributed by atoms with Gasteiger partial charge in [-0.2, -0.15) is 4.73 Å². The lowest BCUT2D eigenvalue weighted by Crippen LogP contribution is -2.38. The molecular weight excluding hydrogens is 268 g/mol. The number of nitrogens with zero attached hydrogens (tertiary/aromatic N) is 1. The van der Waals surface area contributed by atoms with E-state index in [0.29, 0.717) is 0 Å². The van der Waals surface area contributed by atoms with Gasteiger partial charge in [-0.3, -0.25) is 5.32 Å². The van der Waals surface area contributed by atoms with Crippen molar-refractivity contribution in [3.63, 3.8) is 0 Å². The number of anilines is 1. The Morgan fingerprint density at radius 3 is 2.10 bits per heavy atom. The molecule has 2 aliphatic rings. The van der Waals surface area contributed by atoms with Crippen LogP contribution in [-0.4, -0.2) is 11.7 Å². The summed E-state index contributed by atoms with van der Waals surface area (Å²) in [7, 11) is 0. The second kappa shape index (κ2) is 4.90. The maximum atomic E-state index is 12.4. The van der Waals surface area contributed by atoms with Crippen molar-refractivity contribution < 1.29 is 14.3 Å². The van der Waals surface area contributed by atoms with Crippen molar-refractivity contribution in [3.05, 3.63) is 27.7 Å². The predicted molar refractivity (Wildman–Crippen MR) is 79.3 cm³/mol. The summed E-state index contributed by atoms with van der Waals surface area (Å²) in [5.74, 6) is 0. The maximum absolute atomic E-state index is 12.4. The standard InChI is InChI=1S/C16H22N2O3/c1-16(2,3)21-15(19)17-14-10-6-4-8-12(10)18(20)13-9-5-7-11(13)14/h4-9H2,1-3H3,(H,17,19). The van der Waals surface area contributed by atoms with E-state index in [1.807, 2.05) is 20.8 Å². The number of fused-ring (bicyclic) bond motifs is 2. The molecule has 0 saturated heterocycles. The normalized spacial score (nSPS) is 16.5. The molecule has 114 valence electrons. The van der Waals surface area contributed by atoms with Crippen molar-refractivity contribution in [1.29, 1.82) is 0 Å². The summed E-state index contributed by atoms with van der Waals surface area (Å²) >= 11 is 0. The molecule has 0 atom stereocenters. The number of nitrogens with one attached hydrogen (secondary N) is 1. The number of carbonyl (C=O) groups is 1. The van der Waals surface area contributed by atoms with Crippen LogP contribution >= 0.6 is 0 Å². The van der Waals surface area contributed by atoms with Crippen LogP contribution in [0.3, 0.4) is 0 Å². The molecule has 0 saturated carbocycles. The lowest BCUT2D eigenvalue weighted by molar-refractivity contribution is -0.621. The number of aromatic nitrogens is 1. The third kappa shape index (κ3) is 2.57. The molecule has 0 unspecified atom stereocenters. The van der Waals surface area contributed by atoms with Gasteiger partial charge in [-0.25, -0.2) is 4.79 Å². The van der Waals surface area contributed by atoms with Crippen LogP contribution in [0, 0.1) is 5.21 Å². The van der Waals surface area contributed by atoms with Gasteiger partial charge in [0.1, 0.15) is 5.60 Å². The Labute approximate surface area is 124 Å². The van der Waals surface area contributed by atoms with E-state index in [-0.39, 0.29) is 0 Å². The molecule has 0 radical (unpaired) electrons. The molecule has 5 nitrogen and oxygen atoms in total. The van der Waals surface area contributed by atoms with Crippen molar-refractivity contribution in [2.45, 2.75) is 64.9 Å². The van der Waals surface area contributed by atoms with Gasteiger partial charge in [0.05, 0.1) is 5.69 Å². The van der Waals surface area contributed by atoms with Gasteiger partial charge in [0.25, 0.3) is 0 Å². The fourth-order valence-electron chi connectivity index (χ4n) is 3.34. The Morgan fingerprint density at radius 1 is 1.10 bits per heavy atom. The smallest absolute Gasteiger partial charge is 0.412 e. The van der Waals surface area contributed by atoms with Gasteiger partial charge in [0.2, 0.25) is 0 Å². The molecule has 2 aliphatic carbocycles. The molecule has 1 heterocycles. The van der Waals surface area contributed by atoms with Crippen LogP contribution in [-0.2, 0) is 30.4 Å². The summed E-state index contributed by atoms with van der Waals surface area (Å²) in [6.45, 7) is 5.54. The summed E-state index contributed by atoms with van der Waals surface area (Å²) in [5, 5.41) is 15.3. The van der Waals surface area contributed by atoms with E-state index < -0.39 is 11.7 Å². The zero-order valence-corrected chi connectivity index (χ0v) is 12.9. The summed E-state index contributed by atoms with van der Waals surface area (Å²) in [5.41, 5.74) is 4.01. The minimum absolute atomic E-state index is 0.436. The van der Waals surface area contributed by atoms with E-state index >= 15 is 0 Å². The van der Waals surface area contributed by atoms with Gasteiger partial charge in [0.15, 0.2) is 11.4 Å². The first-order valence-electron chi connectivity index (χ1n) is 7.66. The van der Waals surface area contributed by atoms with Gasteiger partial charge in [0, 0.05) is 24.0 Å². The Balaban J connectivity index is 1.97. The van der Waals surface area contributed by atoms with Crippen LogP contribution in [0.25, 0.3) is 0 Å². The van der Waals surface area contributed by atoms with Crippen LogP contribution in [0.5, 0.6) is 0 Å². The first-order chi connectivity index (χ1) is 9.87. The fourth-order valence-corrected chi connectivity index (χ4v) is 3.34. The van der Waals surface area contributed by atoms with Crippen molar-refractivity contribution in [2.24, 2.45) is 0 Å². The van der Waals surface area contributed by atoms with Gasteiger partial charge in [-0.15, -0.1) is 0 Å². The second-order valence-electron chi connectivity index (χ2n) is 6.85. The molecule has 0 spiro atoms. The highest BCUT2D eigenvalue weighted by molar-refractivity contribution is 5.87. The molecule has 1 amide bonds. The monoisotopic (exact) mass is 290 g/mol. The molecule has 1 N–H and O–H groups in total. The molecule has 3 rings (SSSR count). The highest BCUT2D eigenvalue weighted by Crippen LogP contribution is 2.35. The zero-order valence-electron chi connectivity index (χ0n) is 12.9.